The van der Waals surface area contributed by atoms with Gasteiger partial charge < -0.3 is 5.32 Å². The van der Waals surface area contributed by atoms with Crippen molar-refractivity contribution in [2.45, 2.75) is 19.9 Å². The van der Waals surface area contributed by atoms with E-state index in [-0.39, 0.29) is 5.56 Å². The van der Waals surface area contributed by atoms with Crippen molar-refractivity contribution in [1.82, 2.24) is 10.6 Å². The van der Waals surface area contributed by atoms with E-state index in [2.05, 4.69) is 5.32 Å². The summed E-state index contributed by atoms with van der Waals surface area (Å²) >= 11 is 0. The van der Waals surface area contributed by atoms with E-state index in [4.69, 9.17) is 0 Å². The van der Waals surface area contributed by atoms with Crippen LogP contribution in [0.2, 0.25) is 0 Å². The van der Waals surface area contributed by atoms with Crippen molar-refractivity contribution in [1.29, 1.82) is 0 Å². The molecule has 5 nitrogen and oxygen atoms in total. The summed E-state index contributed by atoms with van der Waals surface area (Å²) in [6.45, 7) is 0.796. The maximum Gasteiger partial charge on any atom is 0.321 e. The molecule has 2 N–H and O–H groups in total. The Hall–Kier alpha value is -2.31. The third-order valence-corrected chi connectivity index (χ3v) is 2.15. The molecule has 7 heteroatoms. The Morgan fingerprint density at radius 3 is 2.26 bits per heavy atom. The predicted octanol–water partition coefficient (Wildman–Crippen LogP) is 1.27. The zero-order chi connectivity index (χ0) is 14.4. The molecule has 102 valence electrons. The molecule has 0 aromatic heterocycles. The minimum absolute atomic E-state index is 0.309. The Morgan fingerprint density at radius 1 is 1.16 bits per heavy atom. The standard InChI is InChI=1S/C12H12F2N2O3/c1-7(17)5-11(18)16-12(19)15-6-8-9(13)3-2-4-10(8)14/h2-4H,5-6H2,1H3,(H2,15,16,18,19). The molecule has 0 aliphatic rings. The largest absolute Gasteiger partial charge is 0.334 e. The highest BCUT2D eigenvalue weighted by molar-refractivity contribution is 6.03. The van der Waals surface area contributed by atoms with Crippen LogP contribution in [0.25, 0.3) is 0 Å². The lowest BCUT2D eigenvalue weighted by Crippen LogP contribution is -2.39. The van der Waals surface area contributed by atoms with Gasteiger partial charge >= 0.3 is 6.03 Å². The SMILES string of the molecule is CC(=O)CC(=O)NC(=O)NCc1c(F)cccc1F. The lowest BCUT2D eigenvalue weighted by atomic mass is 10.2. The van der Waals surface area contributed by atoms with Gasteiger partial charge in [0.15, 0.2) is 0 Å². The lowest BCUT2D eigenvalue weighted by molar-refractivity contribution is -0.126. The number of halogens is 2. The molecule has 0 aliphatic heterocycles. The van der Waals surface area contributed by atoms with Crippen LogP contribution in [0.5, 0.6) is 0 Å². The Bertz CT molecular complexity index is 497. The van der Waals surface area contributed by atoms with E-state index in [1.165, 1.54) is 13.0 Å². The van der Waals surface area contributed by atoms with E-state index in [9.17, 15) is 23.2 Å². The van der Waals surface area contributed by atoms with Gasteiger partial charge in [-0.05, 0) is 19.1 Å². The summed E-state index contributed by atoms with van der Waals surface area (Å²) in [5.74, 6) is -2.77. The number of ketones is 1. The monoisotopic (exact) mass is 270 g/mol. The molecule has 0 fully saturated rings. The number of imide groups is 1. The molecular formula is C12H12F2N2O3. The molecular weight excluding hydrogens is 258 g/mol. The Morgan fingerprint density at radius 2 is 1.74 bits per heavy atom. The third-order valence-electron chi connectivity index (χ3n) is 2.15. The quantitative estimate of drug-likeness (QED) is 0.809. The van der Waals surface area contributed by atoms with Crippen molar-refractivity contribution < 1.29 is 23.2 Å². The van der Waals surface area contributed by atoms with Gasteiger partial charge in [0.1, 0.15) is 17.4 Å². The van der Waals surface area contributed by atoms with Gasteiger partial charge in [-0.3, -0.25) is 14.9 Å². The van der Waals surface area contributed by atoms with E-state index in [0.29, 0.717) is 0 Å². The molecule has 0 radical (unpaired) electrons. The molecule has 19 heavy (non-hydrogen) atoms. The highest BCUT2D eigenvalue weighted by atomic mass is 19.1. The number of Topliss-reactive ketones (excluding diaryl/α,β-unsaturated/α-hetero) is 1. The molecule has 0 heterocycles. The van der Waals surface area contributed by atoms with E-state index in [1.54, 1.807) is 0 Å². The fourth-order valence-electron chi connectivity index (χ4n) is 1.31. The topological polar surface area (TPSA) is 75.3 Å². The zero-order valence-electron chi connectivity index (χ0n) is 10.1. The van der Waals surface area contributed by atoms with Crippen molar-refractivity contribution in [3.63, 3.8) is 0 Å². The number of urea groups is 1. The molecule has 0 saturated heterocycles. The van der Waals surface area contributed by atoms with E-state index < -0.39 is 42.3 Å². The number of carbonyl (C=O) groups excluding carboxylic acids is 3. The average Bonchev–Trinajstić information content (AvgIpc) is 2.26. The van der Waals surface area contributed by atoms with Gasteiger partial charge in [0, 0.05) is 5.56 Å². The number of carbonyl (C=O) groups is 3. The second kappa shape index (κ2) is 6.58. The number of rotatable bonds is 4. The summed E-state index contributed by atoms with van der Waals surface area (Å²) in [4.78, 5) is 32.9. The molecule has 1 aromatic carbocycles. The van der Waals surface area contributed by atoms with Gasteiger partial charge in [-0.2, -0.15) is 0 Å². The summed E-state index contributed by atoms with van der Waals surface area (Å²) < 4.78 is 26.4. The van der Waals surface area contributed by atoms with Gasteiger partial charge in [-0.25, -0.2) is 13.6 Å². The first kappa shape index (κ1) is 14.7. The van der Waals surface area contributed by atoms with Gasteiger partial charge in [0.2, 0.25) is 5.91 Å². The van der Waals surface area contributed by atoms with Crippen LogP contribution in [0, 0.1) is 11.6 Å². The van der Waals surface area contributed by atoms with Gasteiger partial charge in [-0.15, -0.1) is 0 Å². The van der Waals surface area contributed by atoms with Crippen LogP contribution in [-0.2, 0) is 16.1 Å². The molecule has 0 saturated carbocycles. The zero-order valence-corrected chi connectivity index (χ0v) is 10.1. The van der Waals surface area contributed by atoms with Crippen LogP contribution in [-0.4, -0.2) is 17.7 Å². The van der Waals surface area contributed by atoms with Gasteiger partial charge in [-0.1, -0.05) is 6.07 Å². The fourth-order valence-corrected chi connectivity index (χ4v) is 1.31. The van der Waals surface area contributed by atoms with Gasteiger partial charge in [0.25, 0.3) is 0 Å². The maximum atomic E-state index is 13.2. The minimum atomic E-state index is -0.922. The Kier molecular flexibility index (Phi) is 5.11. The summed E-state index contributed by atoms with van der Waals surface area (Å²) in [6.07, 6.45) is -0.429. The molecule has 0 unspecified atom stereocenters. The molecule has 0 aliphatic carbocycles. The Balaban J connectivity index is 2.51. The second-order valence-corrected chi connectivity index (χ2v) is 3.81. The molecule has 1 aromatic rings. The minimum Gasteiger partial charge on any atom is -0.334 e. The first-order valence-electron chi connectivity index (χ1n) is 5.40. The second-order valence-electron chi connectivity index (χ2n) is 3.81. The highest BCUT2D eigenvalue weighted by Gasteiger charge is 2.12. The summed E-state index contributed by atoms with van der Waals surface area (Å²) in [7, 11) is 0. The highest BCUT2D eigenvalue weighted by Crippen LogP contribution is 2.11. The Labute approximate surface area is 108 Å². The van der Waals surface area contributed by atoms with Gasteiger partial charge in [0.05, 0.1) is 13.0 Å². The molecule has 3 amide bonds. The van der Waals surface area contributed by atoms with Crippen LogP contribution >= 0.6 is 0 Å². The van der Waals surface area contributed by atoms with E-state index in [1.807, 2.05) is 5.32 Å². The van der Waals surface area contributed by atoms with E-state index >= 15 is 0 Å². The van der Waals surface area contributed by atoms with E-state index in [0.717, 1.165) is 12.1 Å². The van der Waals surface area contributed by atoms with Crippen LogP contribution in [0.4, 0.5) is 13.6 Å². The summed E-state index contributed by atoms with van der Waals surface area (Å²) in [5.41, 5.74) is -0.309. The number of amides is 3. The average molecular weight is 270 g/mol. The smallest absolute Gasteiger partial charge is 0.321 e. The molecule has 0 bridgehead atoms. The first-order chi connectivity index (χ1) is 8.90. The predicted molar refractivity (Wildman–Crippen MR) is 62.0 cm³/mol. The third kappa shape index (κ3) is 4.82. The number of nitrogens with one attached hydrogen (secondary N) is 2. The summed E-state index contributed by atoms with van der Waals surface area (Å²) in [5, 5.41) is 3.99. The van der Waals surface area contributed by atoms with Crippen LogP contribution in [0.1, 0.15) is 18.9 Å². The van der Waals surface area contributed by atoms with Crippen LogP contribution < -0.4 is 10.6 Å². The summed E-state index contributed by atoms with van der Waals surface area (Å²) in [6, 6.07) is 2.39. The molecule has 0 spiro atoms. The fraction of sp³-hybridized carbons (Fsp3) is 0.250. The lowest BCUT2D eigenvalue weighted by Gasteiger charge is -2.07. The van der Waals surface area contributed by atoms with Crippen molar-refractivity contribution in [3.05, 3.63) is 35.4 Å². The number of hydrogen-bond acceptors (Lipinski definition) is 3. The molecule has 1 rings (SSSR count). The molecule has 0 atom stereocenters. The van der Waals surface area contributed by atoms with Crippen LogP contribution in [0.15, 0.2) is 18.2 Å². The first-order valence-corrected chi connectivity index (χ1v) is 5.40. The maximum absolute atomic E-state index is 13.2. The van der Waals surface area contributed by atoms with Crippen molar-refractivity contribution in [3.8, 4) is 0 Å². The van der Waals surface area contributed by atoms with Crippen molar-refractivity contribution >= 4 is 17.7 Å². The number of hydrogen-bond donors (Lipinski definition) is 2. The number of benzene rings is 1. The van der Waals surface area contributed by atoms with Crippen molar-refractivity contribution in [2.75, 3.05) is 0 Å². The van der Waals surface area contributed by atoms with Crippen molar-refractivity contribution in [2.24, 2.45) is 0 Å². The normalized spacial score (nSPS) is 9.84. The van der Waals surface area contributed by atoms with Crippen LogP contribution in [0.3, 0.4) is 0 Å².